The minimum absolute atomic E-state index is 0.0270. The molecule has 0 amide bonds. The molecule has 1 nitrogen and oxygen atoms in total. The fourth-order valence-electron chi connectivity index (χ4n) is 7.28. The van der Waals surface area contributed by atoms with Crippen LogP contribution in [0.25, 0.3) is 98.8 Å². The molecule has 0 spiro atoms. The Balaban J connectivity index is 1.38. The van der Waals surface area contributed by atoms with Crippen LogP contribution in [0.4, 0.5) is 0 Å². The Bertz CT molecular complexity index is 3360. The zero-order valence-corrected chi connectivity index (χ0v) is 26.0. The number of fused-ring (bicyclic) bond motifs is 7. The Morgan fingerprint density at radius 2 is 1.10 bits per heavy atom. The van der Waals surface area contributed by atoms with E-state index in [1.54, 1.807) is 0 Å². The molecule has 1 aromatic heterocycles. The van der Waals surface area contributed by atoms with Gasteiger partial charge in [0.05, 0.1) is 12.3 Å². The van der Waals surface area contributed by atoms with Crippen LogP contribution in [0.1, 0.15) is 12.3 Å². The van der Waals surface area contributed by atoms with E-state index in [2.05, 4.69) is 30.3 Å². The number of hydrogen-bond acceptors (Lipinski definition) is 1. The van der Waals surface area contributed by atoms with Crippen molar-refractivity contribution in [3.63, 3.8) is 0 Å². The van der Waals surface area contributed by atoms with E-state index in [4.69, 9.17) is 14.0 Å². The van der Waals surface area contributed by atoms with Crippen molar-refractivity contribution >= 4 is 54.3 Å². The van der Waals surface area contributed by atoms with Crippen molar-refractivity contribution < 1.29 is 16.8 Å². The van der Waals surface area contributed by atoms with E-state index in [-0.39, 0.29) is 28.8 Å². The molecule has 0 fully saturated rings. The van der Waals surface area contributed by atoms with E-state index < -0.39 is 42.3 Å². The van der Waals surface area contributed by atoms with Gasteiger partial charge in [0.25, 0.3) is 0 Å². The maximum absolute atomic E-state index is 9.75. The largest absolute Gasteiger partial charge is 0.455 e. The third kappa shape index (κ3) is 4.40. The molecule has 0 saturated carbocycles. The highest BCUT2D eigenvalue weighted by Crippen LogP contribution is 2.48. The van der Waals surface area contributed by atoms with Crippen LogP contribution in [0.2, 0.25) is 0 Å². The molecule has 0 atom stereocenters. The minimum Gasteiger partial charge on any atom is -0.455 e. The van der Waals surface area contributed by atoms with Crippen LogP contribution in [-0.4, -0.2) is 0 Å². The monoisotopic (exact) mass is 631 g/mol. The highest BCUT2D eigenvalue weighted by Gasteiger charge is 2.21. The number of rotatable bonds is 4. The van der Waals surface area contributed by atoms with Crippen molar-refractivity contribution in [2.24, 2.45) is 0 Å². The summed E-state index contributed by atoms with van der Waals surface area (Å²) in [5, 5.41) is 6.94. The van der Waals surface area contributed by atoms with E-state index in [0.717, 1.165) is 65.7 Å². The van der Waals surface area contributed by atoms with Crippen molar-refractivity contribution in [1.82, 2.24) is 0 Å². The Kier molecular flexibility index (Phi) is 4.53. The summed E-state index contributed by atoms with van der Waals surface area (Å²) in [6.45, 7) is 0. The quantitative estimate of drug-likeness (QED) is 0.176. The molecule has 0 aliphatic heterocycles. The Morgan fingerprint density at radius 3 is 1.96 bits per heavy atom. The predicted octanol–water partition coefficient (Wildman–Crippen LogP) is 13.7. The number of furan rings is 1. The van der Waals surface area contributed by atoms with Crippen LogP contribution in [0, 0.1) is 0 Å². The van der Waals surface area contributed by atoms with Gasteiger partial charge in [0, 0.05) is 16.2 Å². The smallest absolute Gasteiger partial charge is 0.143 e. The maximum Gasteiger partial charge on any atom is 0.143 e. The first-order chi connectivity index (χ1) is 28.1. The SMILES string of the molecule is [2H]c1c([2H])c([2H])c(-c2c([2H])c([2H])c([2H])c(-c3c4ccccc4c(-c4cccc5oc6c7ccccc7ccc6c45)c4ccc(-c5ccccc5)cc34)c2[2H])c([2H])c1[2H]. The molecule has 0 bridgehead atoms. The maximum atomic E-state index is 9.75. The van der Waals surface area contributed by atoms with E-state index in [9.17, 15) is 2.74 Å². The molecule has 0 radical (unpaired) electrons. The fourth-order valence-corrected chi connectivity index (χ4v) is 7.28. The lowest BCUT2D eigenvalue weighted by atomic mass is 9.83. The minimum atomic E-state index is -0.612. The van der Waals surface area contributed by atoms with E-state index in [1.165, 1.54) is 0 Å². The third-order valence-corrected chi connectivity index (χ3v) is 9.41. The van der Waals surface area contributed by atoms with Gasteiger partial charge in [-0.2, -0.15) is 0 Å². The molecule has 49 heavy (non-hydrogen) atoms. The molecule has 0 aliphatic carbocycles. The second-order valence-electron chi connectivity index (χ2n) is 12.1. The van der Waals surface area contributed by atoms with Crippen LogP contribution in [0.3, 0.4) is 0 Å². The lowest BCUT2D eigenvalue weighted by molar-refractivity contribution is 0.673. The summed E-state index contributed by atoms with van der Waals surface area (Å²) in [6, 6.07) is 37.3. The second kappa shape index (κ2) is 11.1. The van der Waals surface area contributed by atoms with E-state index in [0.29, 0.717) is 16.3 Å². The van der Waals surface area contributed by atoms with Crippen LogP contribution >= 0.6 is 0 Å². The van der Waals surface area contributed by atoms with Gasteiger partial charge in [-0.1, -0.05) is 158 Å². The zero-order valence-electron chi connectivity index (χ0n) is 35.0. The Hall–Kier alpha value is -6.44. The van der Waals surface area contributed by atoms with Gasteiger partial charge in [-0.3, -0.25) is 0 Å². The standard InChI is InChI=1S/C48H30O/c1-3-13-31(14-4-1)34-18-11-19-36(29-34)45-38-21-9-10-22-39(38)46(40-27-26-35(30-43(40)45)32-15-5-2-6-16-32)41-23-12-24-44-47(41)42-28-25-33-17-7-8-20-37(33)48(42)49-44/h1-30H/i1D,3D,4D,11D,13D,14D,18D,19D,29D. The molecule has 1 heterocycles. The molecule has 10 rings (SSSR count). The van der Waals surface area contributed by atoms with Gasteiger partial charge in [0.2, 0.25) is 0 Å². The summed E-state index contributed by atoms with van der Waals surface area (Å²) < 4.78 is 86.3. The van der Waals surface area contributed by atoms with Gasteiger partial charge in [0.15, 0.2) is 0 Å². The van der Waals surface area contributed by atoms with Crippen molar-refractivity contribution in [2.75, 3.05) is 0 Å². The van der Waals surface area contributed by atoms with Crippen LogP contribution in [0.15, 0.2) is 186 Å². The van der Waals surface area contributed by atoms with E-state index >= 15 is 0 Å². The van der Waals surface area contributed by atoms with Gasteiger partial charge in [-0.05, 0) is 95.7 Å². The molecular weight excluding hydrogens is 593 g/mol. The molecule has 0 N–H and O–H groups in total. The van der Waals surface area contributed by atoms with Crippen molar-refractivity contribution in [3.8, 4) is 44.5 Å². The third-order valence-electron chi connectivity index (χ3n) is 9.41. The van der Waals surface area contributed by atoms with Gasteiger partial charge >= 0.3 is 0 Å². The summed E-state index contributed by atoms with van der Waals surface area (Å²) >= 11 is 0. The first-order valence-corrected chi connectivity index (χ1v) is 16.1. The summed E-state index contributed by atoms with van der Waals surface area (Å²) in [4.78, 5) is 0. The second-order valence-corrected chi connectivity index (χ2v) is 12.1. The van der Waals surface area contributed by atoms with Gasteiger partial charge in [-0.15, -0.1) is 0 Å². The first-order valence-electron chi connectivity index (χ1n) is 20.6. The molecular formula is C48H30O. The average Bonchev–Trinajstić information content (AvgIpc) is 3.65. The van der Waals surface area contributed by atoms with Crippen molar-refractivity contribution in [3.05, 3.63) is 182 Å². The van der Waals surface area contributed by atoms with Gasteiger partial charge in [0.1, 0.15) is 11.2 Å². The van der Waals surface area contributed by atoms with Gasteiger partial charge in [-0.25, -0.2) is 0 Å². The lowest BCUT2D eigenvalue weighted by Gasteiger charge is -2.19. The van der Waals surface area contributed by atoms with Crippen LogP contribution in [-0.2, 0) is 0 Å². The van der Waals surface area contributed by atoms with E-state index in [1.807, 2.05) is 97.1 Å². The molecule has 228 valence electrons. The highest BCUT2D eigenvalue weighted by atomic mass is 16.3. The fraction of sp³-hybridized carbons (Fsp3) is 0. The van der Waals surface area contributed by atoms with Crippen molar-refractivity contribution in [2.45, 2.75) is 0 Å². The van der Waals surface area contributed by atoms with Gasteiger partial charge < -0.3 is 4.42 Å². The highest BCUT2D eigenvalue weighted by molar-refractivity contribution is 6.27. The molecule has 0 saturated heterocycles. The van der Waals surface area contributed by atoms with Crippen LogP contribution < -0.4 is 0 Å². The number of benzene rings is 9. The zero-order chi connectivity index (χ0) is 40.1. The topological polar surface area (TPSA) is 13.1 Å². The molecule has 10 aromatic rings. The normalized spacial score (nSPS) is 14.2. The summed E-state index contributed by atoms with van der Waals surface area (Å²) in [7, 11) is 0. The van der Waals surface area contributed by atoms with Crippen molar-refractivity contribution in [1.29, 1.82) is 0 Å². The summed E-state index contributed by atoms with van der Waals surface area (Å²) in [5.74, 6) is 0. The molecule has 1 heteroatoms. The molecule has 0 unspecified atom stereocenters. The lowest BCUT2D eigenvalue weighted by Crippen LogP contribution is -1.92. The van der Waals surface area contributed by atoms with Crippen LogP contribution in [0.5, 0.6) is 0 Å². The average molecular weight is 632 g/mol. The number of hydrogen-bond donors (Lipinski definition) is 0. The predicted molar refractivity (Wildman–Crippen MR) is 208 cm³/mol. The Labute approximate surface area is 297 Å². The Morgan fingerprint density at radius 1 is 0.408 bits per heavy atom. The molecule has 0 aliphatic rings. The molecule has 9 aromatic carbocycles. The summed E-state index contributed by atoms with van der Waals surface area (Å²) in [5.41, 5.74) is 5.01. The first kappa shape index (κ1) is 20.0. The summed E-state index contributed by atoms with van der Waals surface area (Å²) in [6.07, 6.45) is 0.